The maximum atomic E-state index is 8.95. The molecule has 3 rings (SSSR count). The van der Waals surface area contributed by atoms with E-state index >= 15 is 0 Å². The lowest BCUT2D eigenvalue weighted by molar-refractivity contribution is 0.118. The van der Waals surface area contributed by atoms with Crippen LogP contribution >= 0.6 is 0 Å². The van der Waals surface area contributed by atoms with E-state index in [1.807, 2.05) is 25.1 Å². The van der Waals surface area contributed by atoms with Crippen molar-refractivity contribution in [1.29, 1.82) is 5.26 Å². The number of ether oxygens (including phenoxy) is 1. The average Bonchev–Trinajstić information content (AvgIpc) is 3.03. The van der Waals surface area contributed by atoms with Gasteiger partial charge in [-0.1, -0.05) is 6.07 Å². The predicted molar refractivity (Wildman–Crippen MR) is 90.8 cm³/mol. The molecule has 0 aliphatic carbocycles. The van der Waals surface area contributed by atoms with Gasteiger partial charge in [-0.25, -0.2) is 15.0 Å². The van der Waals surface area contributed by atoms with Gasteiger partial charge in [0, 0.05) is 32.0 Å². The van der Waals surface area contributed by atoms with E-state index in [0.717, 1.165) is 24.5 Å². The van der Waals surface area contributed by atoms with Gasteiger partial charge in [-0.05, 0) is 25.5 Å². The summed E-state index contributed by atoms with van der Waals surface area (Å²) < 4.78 is 5.54. The summed E-state index contributed by atoms with van der Waals surface area (Å²) in [5.74, 6) is 1.61. The topological polar surface area (TPSA) is 87.0 Å². The Morgan fingerprint density at radius 1 is 1.42 bits per heavy atom. The summed E-state index contributed by atoms with van der Waals surface area (Å²) in [4.78, 5) is 15.1. The maximum Gasteiger partial charge on any atom is 0.142 e. The van der Waals surface area contributed by atoms with Crippen LogP contribution < -0.4 is 10.2 Å². The number of nitrogens with zero attached hydrogens (tertiary/aromatic N) is 5. The van der Waals surface area contributed by atoms with E-state index in [2.05, 4.69) is 31.2 Å². The Morgan fingerprint density at radius 2 is 2.29 bits per heavy atom. The Hall–Kier alpha value is -2.72. The molecular formula is C17H20N6O. The van der Waals surface area contributed by atoms with Crippen LogP contribution in [0.2, 0.25) is 0 Å². The minimum Gasteiger partial charge on any atom is -0.380 e. The average molecular weight is 324 g/mol. The Bertz CT molecular complexity index is 744. The van der Waals surface area contributed by atoms with Crippen LogP contribution in [0.15, 0.2) is 30.6 Å². The number of pyridine rings is 1. The molecule has 1 aliphatic heterocycles. The molecule has 0 aromatic carbocycles. The first kappa shape index (κ1) is 16.1. The minimum atomic E-state index is 0.172. The monoisotopic (exact) mass is 324 g/mol. The first-order valence-electron chi connectivity index (χ1n) is 7.88. The lowest BCUT2D eigenvalue weighted by Crippen LogP contribution is -2.35. The first-order valence-corrected chi connectivity index (χ1v) is 7.88. The molecule has 0 radical (unpaired) electrons. The number of aryl methyl sites for hydroxylation is 1. The minimum absolute atomic E-state index is 0.172. The molecule has 3 heterocycles. The van der Waals surface area contributed by atoms with Crippen molar-refractivity contribution < 1.29 is 4.74 Å². The zero-order valence-corrected chi connectivity index (χ0v) is 13.8. The molecule has 1 saturated heterocycles. The molecule has 124 valence electrons. The fourth-order valence-electron chi connectivity index (χ4n) is 2.93. The number of aromatic nitrogens is 3. The zero-order chi connectivity index (χ0) is 16.9. The van der Waals surface area contributed by atoms with E-state index in [1.165, 1.54) is 0 Å². The van der Waals surface area contributed by atoms with Gasteiger partial charge in [0.05, 0.1) is 12.1 Å². The molecule has 2 aromatic rings. The number of nitriles is 1. The number of nitrogens with one attached hydrogen (secondary N) is 1. The van der Waals surface area contributed by atoms with E-state index in [9.17, 15) is 0 Å². The molecule has 7 nitrogen and oxygen atoms in total. The fourth-order valence-corrected chi connectivity index (χ4v) is 2.93. The third-order valence-electron chi connectivity index (χ3n) is 4.18. The lowest BCUT2D eigenvalue weighted by atomic mass is 10.2. The summed E-state index contributed by atoms with van der Waals surface area (Å²) in [6.07, 6.45) is 2.67. The van der Waals surface area contributed by atoms with Crippen LogP contribution in [-0.2, 0) is 4.74 Å². The van der Waals surface area contributed by atoms with E-state index in [0.29, 0.717) is 18.1 Å². The van der Waals surface area contributed by atoms with Gasteiger partial charge in [0.1, 0.15) is 29.7 Å². The van der Waals surface area contributed by atoms with Crippen molar-refractivity contribution in [3.8, 4) is 6.07 Å². The summed E-state index contributed by atoms with van der Waals surface area (Å²) in [7, 11) is 1.74. The van der Waals surface area contributed by atoms with E-state index < -0.39 is 0 Å². The molecular weight excluding hydrogens is 304 g/mol. The summed E-state index contributed by atoms with van der Waals surface area (Å²) in [6, 6.07) is 9.65. The fraction of sp³-hybridized carbons (Fsp3) is 0.412. The number of hydrogen-bond acceptors (Lipinski definition) is 7. The number of hydrogen-bond donors (Lipinski definition) is 1. The van der Waals surface area contributed by atoms with Crippen LogP contribution in [0.1, 0.15) is 17.8 Å². The first-order chi connectivity index (χ1) is 11.7. The Kier molecular flexibility index (Phi) is 4.87. The largest absolute Gasteiger partial charge is 0.380 e. The molecule has 24 heavy (non-hydrogen) atoms. The molecule has 2 aromatic heterocycles. The molecule has 0 unspecified atom stereocenters. The van der Waals surface area contributed by atoms with Crippen LogP contribution in [0.25, 0.3) is 0 Å². The van der Waals surface area contributed by atoms with Crippen LogP contribution in [0.3, 0.4) is 0 Å². The SMILES string of the molecule is CO[C@H]1C[C@@H](CNc2cccc(C#N)n2)N(c2cc(C)ncn2)C1. The molecule has 1 aliphatic rings. The third-order valence-corrected chi connectivity index (χ3v) is 4.18. The van der Waals surface area contributed by atoms with Crippen LogP contribution in [0.4, 0.5) is 11.6 Å². The maximum absolute atomic E-state index is 8.95. The van der Waals surface area contributed by atoms with E-state index in [1.54, 1.807) is 19.5 Å². The molecule has 0 bridgehead atoms. The van der Waals surface area contributed by atoms with Crippen LogP contribution in [0.5, 0.6) is 0 Å². The standard InChI is InChI=1S/C17H20N6O/c1-12-6-17(21-11-20-12)23-10-15(24-2)7-14(23)9-19-16-5-3-4-13(8-18)22-16/h3-6,11,14-15H,7,9-10H2,1-2H3,(H,19,22)/t14-,15-/m0/s1. The third kappa shape index (κ3) is 3.60. The number of methoxy groups -OCH3 is 1. The van der Waals surface area contributed by atoms with Crippen molar-refractivity contribution in [3.05, 3.63) is 42.0 Å². The second kappa shape index (κ2) is 7.23. The van der Waals surface area contributed by atoms with Gasteiger partial charge in [-0.15, -0.1) is 0 Å². The molecule has 0 amide bonds. The van der Waals surface area contributed by atoms with Gasteiger partial charge in [0.15, 0.2) is 0 Å². The van der Waals surface area contributed by atoms with Crippen molar-refractivity contribution in [2.45, 2.75) is 25.5 Å². The van der Waals surface area contributed by atoms with E-state index in [-0.39, 0.29) is 12.1 Å². The van der Waals surface area contributed by atoms with Crippen molar-refractivity contribution >= 4 is 11.6 Å². The van der Waals surface area contributed by atoms with Crippen molar-refractivity contribution in [3.63, 3.8) is 0 Å². The highest BCUT2D eigenvalue weighted by Gasteiger charge is 2.33. The summed E-state index contributed by atoms with van der Waals surface area (Å²) in [5.41, 5.74) is 1.35. The smallest absolute Gasteiger partial charge is 0.142 e. The highest BCUT2D eigenvalue weighted by atomic mass is 16.5. The summed E-state index contributed by atoms with van der Waals surface area (Å²) >= 11 is 0. The highest BCUT2D eigenvalue weighted by molar-refractivity contribution is 5.44. The van der Waals surface area contributed by atoms with Gasteiger partial charge in [0.2, 0.25) is 0 Å². The van der Waals surface area contributed by atoms with Gasteiger partial charge in [-0.3, -0.25) is 0 Å². The molecule has 0 spiro atoms. The van der Waals surface area contributed by atoms with Crippen LogP contribution in [-0.4, -0.2) is 47.3 Å². The second-order valence-electron chi connectivity index (χ2n) is 5.82. The molecule has 1 N–H and O–H groups in total. The van der Waals surface area contributed by atoms with Gasteiger partial charge < -0.3 is 15.0 Å². The Balaban J connectivity index is 1.73. The zero-order valence-electron chi connectivity index (χ0n) is 13.8. The van der Waals surface area contributed by atoms with Crippen molar-refractivity contribution in [1.82, 2.24) is 15.0 Å². The second-order valence-corrected chi connectivity index (χ2v) is 5.82. The normalized spacial score (nSPS) is 20.0. The van der Waals surface area contributed by atoms with Gasteiger partial charge >= 0.3 is 0 Å². The predicted octanol–water partition coefficient (Wildman–Crippen LogP) is 1.76. The molecule has 2 atom stereocenters. The van der Waals surface area contributed by atoms with Crippen molar-refractivity contribution in [2.75, 3.05) is 30.4 Å². The van der Waals surface area contributed by atoms with Crippen molar-refractivity contribution in [2.24, 2.45) is 0 Å². The molecule has 0 saturated carbocycles. The Labute approximate surface area is 141 Å². The van der Waals surface area contributed by atoms with Crippen LogP contribution in [0, 0.1) is 18.3 Å². The Morgan fingerprint density at radius 3 is 3.04 bits per heavy atom. The highest BCUT2D eigenvalue weighted by Crippen LogP contribution is 2.26. The molecule has 1 fully saturated rings. The van der Waals surface area contributed by atoms with Gasteiger partial charge in [-0.2, -0.15) is 5.26 Å². The lowest BCUT2D eigenvalue weighted by Gasteiger charge is -2.25. The quantitative estimate of drug-likeness (QED) is 0.896. The molecule has 7 heteroatoms. The van der Waals surface area contributed by atoms with E-state index in [4.69, 9.17) is 10.00 Å². The van der Waals surface area contributed by atoms with Gasteiger partial charge in [0.25, 0.3) is 0 Å². The number of anilines is 2. The number of rotatable bonds is 5. The summed E-state index contributed by atoms with van der Waals surface area (Å²) in [6.45, 7) is 3.45. The summed E-state index contributed by atoms with van der Waals surface area (Å²) in [5, 5.41) is 12.3.